The van der Waals surface area contributed by atoms with Crippen molar-refractivity contribution in [2.75, 3.05) is 37.7 Å². The van der Waals surface area contributed by atoms with Gasteiger partial charge in [-0.2, -0.15) is 0 Å². The highest BCUT2D eigenvalue weighted by Crippen LogP contribution is 2.13. The molecule has 17 heavy (non-hydrogen) atoms. The number of hydrogen-bond acceptors (Lipinski definition) is 5. The van der Waals surface area contributed by atoms with E-state index in [9.17, 15) is 4.79 Å². The number of pyridine rings is 1. The van der Waals surface area contributed by atoms with Gasteiger partial charge >= 0.3 is 0 Å². The first-order valence-electron chi connectivity index (χ1n) is 5.83. The van der Waals surface area contributed by atoms with Gasteiger partial charge < -0.3 is 15.4 Å². The maximum absolute atomic E-state index is 11.6. The monoisotopic (exact) mass is 235 g/mol. The molecule has 0 radical (unpaired) electrons. The first kappa shape index (κ1) is 12.0. The van der Waals surface area contributed by atoms with E-state index < -0.39 is 0 Å². The second kappa shape index (κ2) is 5.75. The Labute approximate surface area is 101 Å². The Hall–Kier alpha value is -1.46. The number of ketones is 1. The number of Topliss-reactive ketones (excluding diaryl/α,β-unsaturated/α-hetero) is 1. The van der Waals surface area contributed by atoms with Gasteiger partial charge in [-0.25, -0.2) is 4.98 Å². The van der Waals surface area contributed by atoms with Crippen LogP contribution in [0.3, 0.4) is 0 Å². The van der Waals surface area contributed by atoms with Gasteiger partial charge in [-0.05, 0) is 18.7 Å². The van der Waals surface area contributed by atoms with Crippen LogP contribution >= 0.6 is 0 Å². The third kappa shape index (κ3) is 3.01. The molecule has 1 aliphatic rings. The summed E-state index contributed by atoms with van der Waals surface area (Å²) in [6.45, 7) is 3.54. The molecule has 0 atom stereocenters. The molecular weight excluding hydrogens is 218 g/mol. The second-order valence-corrected chi connectivity index (χ2v) is 3.97. The van der Waals surface area contributed by atoms with E-state index in [-0.39, 0.29) is 5.78 Å². The Kier molecular flexibility index (Phi) is 4.06. The van der Waals surface area contributed by atoms with Crippen LogP contribution in [0.2, 0.25) is 0 Å². The zero-order valence-electron chi connectivity index (χ0n) is 9.76. The number of nitrogens with zero attached hydrogens (tertiary/aromatic N) is 2. The van der Waals surface area contributed by atoms with Crippen LogP contribution < -0.4 is 10.6 Å². The lowest BCUT2D eigenvalue weighted by atomic mass is 10.1. The number of anilines is 1. The lowest BCUT2D eigenvalue weighted by molar-refractivity contribution is 0.0985. The van der Waals surface area contributed by atoms with Crippen LogP contribution in [0.15, 0.2) is 18.3 Å². The third-order valence-electron chi connectivity index (χ3n) is 2.78. The normalized spacial score (nSPS) is 15.9. The molecule has 0 bridgehead atoms. The molecule has 0 saturated carbocycles. The standard InChI is InChI=1S/C12H17N3O2/c13-4-3-11(16)10-1-2-12(14-9-10)15-5-7-17-8-6-15/h1-2,9H,3-8,13H2. The Morgan fingerprint density at radius 3 is 2.76 bits per heavy atom. The van der Waals surface area contributed by atoms with Crippen molar-refractivity contribution < 1.29 is 9.53 Å². The van der Waals surface area contributed by atoms with Gasteiger partial charge in [-0.1, -0.05) is 0 Å². The molecular formula is C12H17N3O2. The highest BCUT2D eigenvalue weighted by atomic mass is 16.5. The van der Waals surface area contributed by atoms with E-state index in [0.717, 1.165) is 32.1 Å². The average molecular weight is 235 g/mol. The van der Waals surface area contributed by atoms with Crippen LogP contribution in [0.5, 0.6) is 0 Å². The first-order chi connectivity index (χ1) is 8.31. The van der Waals surface area contributed by atoms with Crippen molar-refractivity contribution in [3.05, 3.63) is 23.9 Å². The van der Waals surface area contributed by atoms with Crippen LogP contribution in [0.25, 0.3) is 0 Å². The van der Waals surface area contributed by atoms with Gasteiger partial charge in [0.05, 0.1) is 13.2 Å². The highest BCUT2D eigenvalue weighted by molar-refractivity contribution is 5.96. The van der Waals surface area contributed by atoms with Crippen molar-refractivity contribution in [1.82, 2.24) is 4.98 Å². The lowest BCUT2D eigenvalue weighted by Crippen LogP contribution is -2.36. The molecule has 0 aromatic carbocycles. The minimum absolute atomic E-state index is 0.0496. The van der Waals surface area contributed by atoms with Crippen LogP contribution in [0.4, 0.5) is 5.82 Å². The predicted octanol–water partition coefficient (Wildman–Crippen LogP) is 0.450. The Balaban J connectivity index is 2.04. The van der Waals surface area contributed by atoms with E-state index in [1.165, 1.54) is 0 Å². The van der Waals surface area contributed by atoms with Crippen molar-refractivity contribution in [2.24, 2.45) is 5.73 Å². The molecule has 2 heterocycles. The van der Waals surface area contributed by atoms with Gasteiger partial charge in [0.2, 0.25) is 0 Å². The second-order valence-electron chi connectivity index (χ2n) is 3.97. The van der Waals surface area contributed by atoms with Crippen molar-refractivity contribution in [2.45, 2.75) is 6.42 Å². The summed E-state index contributed by atoms with van der Waals surface area (Å²) < 4.78 is 5.28. The van der Waals surface area contributed by atoms with Gasteiger partial charge in [0.1, 0.15) is 5.82 Å². The molecule has 0 aliphatic carbocycles. The quantitative estimate of drug-likeness (QED) is 0.767. The van der Waals surface area contributed by atoms with Crippen molar-refractivity contribution in [3.63, 3.8) is 0 Å². The Bertz CT molecular complexity index is 372. The van der Waals surface area contributed by atoms with Crippen molar-refractivity contribution >= 4 is 11.6 Å². The number of hydrogen-bond donors (Lipinski definition) is 1. The van der Waals surface area contributed by atoms with Crippen LogP contribution in [-0.4, -0.2) is 43.6 Å². The first-order valence-corrected chi connectivity index (χ1v) is 5.83. The molecule has 1 aromatic heterocycles. The summed E-state index contributed by atoms with van der Waals surface area (Å²) in [6.07, 6.45) is 2.00. The van der Waals surface area contributed by atoms with Crippen LogP contribution in [0, 0.1) is 0 Å². The molecule has 2 N–H and O–H groups in total. The molecule has 5 heteroatoms. The summed E-state index contributed by atoms with van der Waals surface area (Å²) in [5.41, 5.74) is 5.98. The summed E-state index contributed by atoms with van der Waals surface area (Å²) >= 11 is 0. The summed E-state index contributed by atoms with van der Waals surface area (Å²) in [6, 6.07) is 3.70. The summed E-state index contributed by atoms with van der Waals surface area (Å²) in [7, 11) is 0. The molecule has 0 unspecified atom stereocenters. The summed E-state index contributed by atoms with van der Waals surface area (Å²) in [5.74, 6) is 0.950. The fraction of sp³-hybridized carbons (Fsp3) is 0.500. The number of ether oxygens (including phenoxy) is 1. The van der Waals surface area contributed by atoms with E-state index in [4.69, 9.17) is 10.5 Å². The molecule has 0 spiro atoms. The maximum atomic E-state index is 11.6. The fourth-order valence-electron chi connectivity index (χ4n) is 1.81. The van der Waals surface area contributed by atoms with E-state index in [0.29, 0.717) is 18.5 Å². The largest absolute Gasteiger partial charge is 0.378 e. The Morgan fingerprint density at radius 2 is 2.18 bits per heavy atom. The number of carbonyl (C=O) groups excluding carboxylic acids is 1. The summed E-state index contributed by atoms with van der Waals surface area (Å²) in [5, 5.41) is 0. The average Bonchev–Trinajstić information content (AvgIpc) is 2.40. The van der Waals surface area contributed by atoms with Gasteiger partial charge in [0.15, 0.2) is 5.78 Å². The molecule has 0 amide bonds. The number of aromatic nitrogens is 1. The molecule has 1 aliphatic heterocycles. The number of rotatable bonds is 4. The van der Waals surface area contributed by atoms with Crippen LogP contribution in [-0.2, 0) is 4.74 Å². The van der Waals surface area contributed by atoms with E-state index in [1.54, 1.807) is 6.20 Å². The smallest absolute Gasteiger partial charge is 0.165 e. The number of carbonyl (C=O) groups is 1. The van der Waals surface area contributed by atoms with Crippen LogP contribution in [0.1, 0.15) is 16.8 Å². The third-order valence-corrected chi connectivity index (χ3v) is 2.78. The van der Waals surface area contributed by atoms with Gasteiger partial charge in [0.25, 0.3) is 0 Å². The maximum Gasteiger partial charge on any atom is 0.165 e. The van der Waals surface area contributed by atoms with E-state index >= 15 is 0 Å². The minimum atomic E-state index is 0.0496. The van der Waals surface area contributed by atoms with Crippen molar-refractivity contribution in [3.8, 4) is 0 Å². The highest BCUT2D eigenvalue weighted by Gasteiger charge is 2.13. The zero-order valence-corrected chi connectivity index (χ0v) is 9.76. The Morgan fingerprint density at radius 1 is 1.41 bits per heavy atom. The molecule has 2 rings (SSSR count). The van der Waals surface area contributed by atoms with Gasteiger partial charge in [-0.15, -0.1) is 0 Å². The molecule has 1 fully saturated rings. The van der Waals surface area contributed by atoms with E-state index in [1.807, 2.05) is 12.1 Å². The van der Waals surface area contributed by atoms with Gasteiger partial charge in [0, 0.05) is 31.3 Å². The minimum Gasteiger partial charge on any atom is -0.378 e. The number of nitrogens with two attached hydrogens (primary N) is 1. The molecule has 1 saturated heterocycles. The molecule has 1 aromatic rings. The lowest BCUT2D eigenvalue weighted by Gasteiger charge is -2.27. The van der Waals surface area contributed by atoms with Crippen molar-refractivity contribution in [1.29, 1.82) is 0 Å². The topological polar surface area (TPSA) is 68.5 Å². The molecule has 5 nitrogen and oxygen atoms in total. The fourth-order valence-corrected chi connectivity index (χ4v) is 1.81. The van der Waals surface area contributed by atoms with E-state index in [2.05, 4.69) is 9.88 Å². The zero-order chi connectivity index (χ0) is 12.1. The summed E-state index contributed by atoms with van der Waals surface area (Å²) in [4.78, 5) is 18.0. The number of morpholine rings is 1. The predicted molar refractivity (Wildman–Crippen MR) is 65.3 cm³/mol. The SMILES string of the molecule is NCCC(=O)c1ccc(N2CCOCC2)nc1. The molecule has 92 valence electrons. The van der Waals surface area contributed by atoms with Gasteiger partial charge in [-0.3, -0.25) is 4.79 Å².